The normalized spacial score (nSPS) is 18.2. The van der Waals surface area contributed by atoms with Gasteiger partial charge in [-0.2, -0.15) is 0 Å². The summed E-state index contributed by atoms with van der Waals surface area (Å²) in [6.07, 6.45) is 4.36. The number of ether oxygens (including phenoxy) is 1. The number of piperidine rings is 1. The van der Waals surface area contributed by atoms with E-state index in [9.17, 15) is 0 Å². The summed E-state index contributed by atoms with van der Waals surface area (Å²) in [7, 11) is 0. The van der Waals surface area contributed by atoms with E-state index in [0.29, 0.717) is 16.3 Å². The van der Waals surface area contributed by atoms with Crippen molar-refractivity contribution in [1.29, 1.82) is 0 Å². The van der Waals surface area contributed by atoms with E-state index in [2.05, 4.69) is 9.88 Å². The van der Waals surface area contributed by atoms with Gasteiger partial charge in [0, 0.05) is 43.0 Å². The molecule has 5 heteroatoms. The molecular formula is C13H18Cl2N2O. The lowest BCUT2D eigenvalue weighted by Gasteiger charge is -2.31. The lowest BCUT2D eigenvalue weighted by molar-refractivity contribution is 0.0125. The van der Waals surface area contributed by atoms with Crippen LogP contribution in [0.2, 0.25) is 10.2 Å². The van der Waals surface area contributed by atoms with Crippen LogP contribution in [0.15, 0.2) is 12.3 Å². The topological polar surface area (TPSA) is 25.4 Å². The molecule has 1 aromatic rings. The Morgan fingerprint density at radius 2 is 2.11 bits per heavy atom. The molecule has 0 amide bonds. The molecule has 2 heterocycles. The minimum atomic E-state index is 0.421. The van der Waals surface area contributed by atoms with Gasteiger partial charge in [-0.25, -0.2) is 4.98 Å². The highest BCUT2D eigenvalue weighted by atomic mass is 35.5. The Hall–Kier alpha value is -0.350. The van der Waals surface area contributed by atoms with Crippen LogP contribution in [0.3, 0.4) is 0 Å². The minimum absolute atomic E-state index is 0.421. The van der Waals surface area contributed by atoms with Crippen molar-refractivity contribution in [2.75, 3.05) is 19.7 Å². The van der Waals surface area contributed by atoms with Crippen molar-refractivity contribution in [2.24, 2.45) is 0 Å². The van der Waals surface area contributed by atoms with E-state index in [-0.39, 0.29) is 0 Å². The summed E-state index contributed by atoms with van der Waals surface area (Å²) in [6, 6.07) is 1.70. The molecule has 0 unspecified atom stereocenters. The molecule has 18 heavy (non-hydrogen) atoms. The van der Waals surface area contributed by atoms with Gasteiger partial charge in [0.05, 0.1) is 6.10 Å². The van der Waals surface area contributed by atoms with Crippen LogP contribution < -0.4 is 0 Å². The minimum Gasteiger partial charge on any atom is -0.378 e. The molecule has 0 N–H and O–H groups in total. The van der Waals surface area contributed by atoms with Gasteiger partial charge in [-0.15, -0.1) is 0 Å². The van der Waals surface area contributed by atoms with Gasteiger partial charge in [0.25, 0.3) is 0 Å². The molecule has 1 fully saturated rings. The average Bonchev–Trinajstić information content (AvgIpc) is 2.35. The standard InChI is InChI=1S/C13H18Cl2N2O/c1-2-18-11-3-5-17(6-4-11)9-10-8-16-13(15)7-12(10)14/h7-8,11H,2-6,9H2,1H3. The van der Waals surface area contributed by atoms with E-state index in [1.807, 2.05) is 6.92 Å². The number of halogens is 2. The summed E-state index contributed by atoms with van der Waals surface area (Å²) in [5.41, 5.74) is 1.04. The first-order chi connectivity index (χ1) is 8.69. The van der Waals surface area contributed by atoms with Gasteiger partial charge < -0.3 is 4.74 Å². The highest BCUT2D eigenvalue weighted by Gasteiger charge is 2.19. The molecule has 0 radical (unpaired) electrons. The third kappa shape index (κ3) is 3.82. The molecule has 1 saturated heterocycles. The Bertz CT molecular complexity index is 393. The van der Waals surface area contributed by atoms with Crippen LogP contribution in [0.1, 0.15) is 25.3 Å². The zero-order valence-corrected chi connectivity index (χ0v) is 12.0. The molecule has 1 aliphatic heterocycles. The fourth-order valence-corrected chi connectivity index (χ4v) is 2.69. The van der Waals surface area contributed by atoms with Crippen LogP contribution >= 0.6 is 23.2 Å². The number of pyridine rings is 1. The summed E-state index contributed by atoms with van der Waals surface area (Å²) < 4.78 is 5.64. The molecular weight excluding hydrogens is 271 g/mol. The third-order valence-corrected chi connectivity index (χ3v) is 3.79. The van der Waals surface area contributed by atoms with E-state index < -0.39 is 0 Å². The Kier molecular flexibility index (Phi) is 5.25. The number of rotatable bonds is 4. The first kappa shape index (κ1) is 14.1. The van der Waals surface area contributed by atoms with E-state index in [4.69, 9.17) is 27.9 Å². The lowest BCUT2D eigenvalue weighted by atomic mass is 10.1. The van der Waals surface area contributed by atoms with Gasteiger partial charge in [-0.3, -0.25) is 4.90 Å². The molecule has 0 atom stereocenters. The van der Waals surface area contributed by atoms with Crippen LogP contribution in [-0.2, 0) is 11.3 Å². The first-order valence-corrected chi connectivity index (χ1v) is 7.08. The molecule has 100 valence electrons. The van der Waals surface area contributed by atoms with Crippen LogP contribution in [-0.4, -0.2) is 35.7 Å². The molecule has 0 aliphatic carbocycles. The molecule has 2 rings (SSSR count). The van der Waals surface area contributed by atoms with Crippen LogP contribution in [0.25, 0.3) is 0 Å². The van der Waals surface area contributed by atoms with Gasteiger partial charge in [-0.1, -0.05) is 23.2 Å². The van der Waals surface area contributed by atoms with E-state index in [0.717, 1.165) is 44.6 Å². The van der Waals surface area contributed by atoms with Crippen molar-refractivity contribution >= 4 is 23.2 Å². The van der Waals surface area contributed by atoms with E-state index >= 15 is 0 Å². The van der Waals surface area contributed by atoms with E-state index in [1.165, 1.54) is 0 Å². The summed E-state index contributed by atoms with van der Waals surface area (Å²) in [6.45, 7) is 5.78. The van der Waals surface area contributed by atoms with Gasteiger partial charge in [0.1, 0.15) is 5.15 Å². The molecule has 0 aromatic carbocycles. The molecule has 1 aromatic heterocycles. The Labute approximate surface area is 118 Å². The summed E-state index contributed by atoms with van der Waals surface area (Å²) in [5, 5.41) is 1.14. The molecule has 0 spiro atoms. The maximum atomic E-state index is 6.15. The van der Waals surface area contributed by atoms with Crippen molar-refractivity contribution in [3.63, 3.8) is 0 Å². The number of likely N-dealkylation sites (tertiary alicyclic amines) is 1. The van der Waals surface area contributed by atoms with E-state index in [1.54, 1.807) is 12.3 Å². The zero-order valence-electron chi connectivity index (χ0n) is 10.5. The number of aromatic nitrogens is 1. The Morgan fingerprint density at radius 1 is 1.39 bits per heavy atom. The number of hydrogen-bond donors (Lipinski definition) is 0. The highest BCUT2D eigenvalue weighted by molar-refractivity contribution is 6.34. The summed E-state index contributed by atoms with van der Waals surface area (Å²) >= 11 is 11.9. The van der Waals surface area contributed by atoms with Crippen LogP contribution in [0, 0.1) is 0 Å². The molecule has 0 bridgehead atoms. The second kappa shape index (κ2) is 6.71. The van der Waals surface area contributed by atoms with Gasteiger partial charge in [-0.05, 0) is 25.8 Å². The zero-order chi connectivity index (χ0) is 13.0. The van der Waals surface area contributed by atoms with Gasteiger partial charge in [0.15, 0.2) is 0 Å². The maximum Gasteiger partial charge on any atom is 0.130 e. The highest BCUT2D eigenvalue weighted by Crippen LogP contribution is 2.22. The second-order valence-corrected chi connectivity index (χ2v) is 5.32. The van der Waals surface area contributed by atoms with Crippen molar-refractivity contribution in [2.45, 2.75) is 32.4 Å². The largest absolute Gasteiger partial charge is 0.378 e. The monoisotopic (exact) mass is 288 g/mol. The number of nitrogens with zero attached hydrogens (tertiary/aromatic N) is 2. The van der Waals surface area contributed by atoms with Gasteiger partial charge in [0.2, 0.25) is 0 Å². The van der Waals surface area contributed by atoms with Crippen LogP contribution in [0.5, 0.6) is 0 Å². The van der Waals surface area contributed by atoms with Crippen molar-refractivity contribution < 1.29 is 4.74 Å². The summed E-state index contributed by atoms with van der Waals surface area (Å²) in [5.74, 6) is 0. The predicted octanol–water partition coefficient (Wildman–Crippen LogP) is 3.39. The average molecular weight is 289 g/mol. The fourth-order valence-electron chi connectivity index (χ4n) is 2.26. The first-order valence-electron chi connectivity index (χ1n) is 6.33. The quantitative estimate of drug-likeness (QED) is 0.794. The van der Waals surface area contributed by atoms with Crippen molar-refractivity contribution in [3.05, 3.63) is 28.0 Å². The fraction of sp³-hybridized carbons (Fsp3) is 0.615. The Balaban J connectivity index is 1.87. The lowest BCUT2D eigenvalue weighted by Crippen LogP contribution is -2.36. The van der Waals surface area contributed by atoms with Crippen LogP contribution in [0.4, 0.5) is 0 Å². The smallest absolute Gasteiger partial charge is 0.130 e. The SMILES string of the molecule is CCOC1CCN(Cc2cnc(Cl)cc2Cl)CC1. The number of hydrogen-bond acceptors (Lipinski definition) is 3. The van der Waals surface area contributed by atoms with Crippen molar-refractivity contribution in [1.82, 2.24) is 9.88 Å². The third-order valence-electron chi connectivity index (χ3n) is 3.23. The predicted molar refractivity (Wildman–Crippen MR) is 74.2 cm³/mol. The Morgan fingerprint density at radius 3 is 2.72 bits per heavy atom. The molecule has 3 nitrogen and oxygen atoms in total. The van der Waals surface area contributed by atoms with Crippen molar-refractivity contribution in [3.8, 4) is 0 Å². The second-order valence-electron chi connectivity index (χ2n) is 4.53. The molecule has 1 aliphatic rings. The van der Waals surface area contributed by atoms with Gasteiger partial charge >= 0.3 is 0 Å². The summed E-state index contributed by atoms with van der Waals surface area (Å²) in [4.78, 5) is 6.46. The molecule has 0 saturated carbocycles. The maximum absolute atomic E-state index is 6.15.